The van der Waals surface area contributed by atoms with E-state index in [0.717, 1.165) is 11.1 Å². The largest absolute Gasteiger partial charge is 0.486 e. The maximum absolute atomic E-state index is 13.1. The number of hydrogen-bond acceptors (Lipinski definition) is 7. The van der Waals surface area contributed by atoms with Crippen LogP contribution in [0.15, 0.2) is 45.7 Å². The first-order valence-electron chi connectivity index (χ1n) is 11.2. The van der Waals surface area contributed by atoms with Crippen LogP contribution in [0, 0.1) is 0 Å². The molecular weight excluding hydrogens is 442 g/mol. The molecule has 0 N–H and O–H groups in total. The lowest BCUT2D eigenvalue weighted by Gasteiger charge is -2.33. The van der Waals surface area contributed by atoms with E-state index in [1.54, 1.807) is 18.2 Å². The van der Waals surface area contributed by atoms with E-state index in [1.807, 2.05) is 6.07 Å². The topological polar surface area (TPSA) is 85.1 Å². The summed E-state index contributed by atoms with van der Waals surface area (Å²) >= 11 is 0. The number of oxazole rings is 1. The lowest BCUT2D eigenvalue weighted by atomic mass is 9.87. The van der Waals surface area contributed by atoms with Gasteiger partial charge < -0.3 is 13.9 Å². The molecule has 1 fully saturated rings. The van der Waals surface area contributed by atoms with E-state index in [2.05, 4.69) is 42.8 Å². The Morgan fingerprint density at radius 3 is 2.39 bits per heavy atom. The van der Waals surface area contributed by atoms with Gasteiger partial charge in [0, 0.05) is 32.2 Å². The highest BCUT2D eigenvalue weighted by atomic mass is 32.2. The maximum atomic E-state index is 13.1. The smallest absolute Gasteiger partial charge is 0.243 e. The SMILES string of the molecule is CC(C)(C)c1ccc2oc(CN3CCN(S(=O)(=O)c4ccc5c(c4)OCCO5)CC3)nc2c1. The molecule has 2 aromatic carbocycles. The van der Waals surface area contributed by atoms with Gasteiger partial charge in [-0.1, -0.05) is 26.8 Å². The van der Waals surface area contributed by atoms with Crippen molar-refractivity contribution in [3.8, 4) is 11.5 Å². The number of hydrogen-bond donors (Lipinski definition) is 0. The highest BCUT2D eigenvalue weighted by Crippen LogP contribution is 2.33. The summed E-state index contributed by atoms with van der Waals surface area (Å²) in [6, 6.07) is 10.9. The average Bonchev–Trinajstić information content (AvgIpc) is 3.20. The van der Waals surface area contributed by atoms with E-state index in [1.165, 1.54) is 9.87 Å². The third-order valence-electron chi connectivity index (χ3n) is 6.14. The summed E-state index contributed by atoms with van der Waals surface area (Å²) in [5.74, 6) is 1.71. The zero-order valence-electron chi connectivity index (χ0n) is 19.2. The fraction of sp³-hybridized carbons (Fsp3) is 0.458. The van der Waals surface area contributed by atoms with Crippen molar-refractivity contribution < 1.29 is 22.3 Å². The summed E-state index contributed by atoms with van der Waals surface area (Å²) in [4.78, 5) is 7.07. The Bertz CT molecular complexity index is 1270. The van der Waals surface area contributed by atoms with Crippen molar-refractivity contribution in [3.63, 3.8) is 0 Å². The van der Waals surface area contributed by atoms with Crippen LogP contribution in [0.3, 0.4) is 0 Å². The van der Waals surface area contributed by atoms with Crippen LogP contribution in [-0.4, -0.2) is 62.0 Å². The molecule has 1 aromatic heterocycles. The molecule has 0 bridgehead atoms. The number of aromatic nitrogens is 1. The molecule has 8 nitrogen and oxygen atoms in total. The second-order valence-corrected chi connectivity index (χ2v) is 11.5. The van der Waals surface area contributed by atoms with Crippen LogP contribution >= 0.6 is 0 Å². The predicted octanol–water partition coefficient (Wildman–Crippen LogP) is 3.40. The summed E-state index contributed by atoms with van der Waals surface area (Å²) in [7, 11) is -3.60. The molecule has 33 heavy (non-hydrogen) atoms. The number of ether oxygens (including phenoxy) is 2. The number of benzene rings is 2. The van der Waals surface area contributed by atoms with Crippen LogP contribution < -0.4 is 9.47 Å². The standard InChI is InChI=1S/C24H29N3O5S/c1-24(2,3)17-4-6-20-19(14-17)25-23(32-20)16-26-8-10-27(11-9-26)33(28,29)18-5-7-21-22(15-18)31-13-12-30-21/h4-7,14-15H,8-13,16H2,1-3H3. The molecule has 0 aliphatic carbocycles. The monoisotopic (exact) mass is 471 g/mol. The highest BCUT2D eigenvalue weighted by molar-refractivity contribution is 7.89. The van der Waals surface area contributed by atoms with Gasteiger partial charge in [0.1, 0.15) is 18.7 Å². The van der Waals surface area contributed by atoms with E-state index in [-0.39, 0.29) is 10.3 Å². The van der Waals surface area contributed by atoms with E-state index in [4.69, 9.17) is 13.9 Å². The number of rotatable bonds is 4. The van der Waals surface area contributed by atoms with Crippen LogP contribution in [-0.2, 0) is 22.0 Å². The molecule has 0 amide bonds. The summed E-state index contributed by atoms with van der Waals surface area (Å²) in [5, 5.41) is 0. The summed E-state index contributed by atoms with van der Waals surface area (Å²) in [6.45, 7) is 10.00. The van der Waals surface area contributed by atoms with Gasteiger partial charge in [0.2, 0.25) is 15.9 Å². The number of sulfonamides is 1. The highest BCUT2D eigenvalue weighted by Gasteiger charge is 2.30. The predicted molar refractivity (Wildman–Crippen MR) is 124 cm³/mol. The van der Waals surface area contributed by atoms with Crippen molar-refractivity contribution in [2.45, 2.75) is 37.6 Å². The quantitative estimate of drug-likeness (QED) is 0.576. The molecule has 3 heterocycles. The molecule has 0 spiro atoms. The van der Waals surface area contributed by atoms with Gasteiger partial charge in [-0.05, 0) is 35.2 Å². The molecule has 0 saturated carbocycles. The molecule has 0 atom stereocenters. The number of fused-ring (bicyclic) bond motifs is 2. The van der Waals surface area contributed by atoms with Gasteiger partial charge in [0.25, 0.3) is 0 Å². The van der Waals surface area contributed by atoms with E-state index in [9.17, 15) is 8.42 Å². The minimum atomic E-state index is -3.60. The first-order valence-corrected chi connectivity index (χ1v) is 12.7. The van der Waals surface area contributed by atoms with Gasteiger partial charge >= 0.3 is 0 Å². The van der Waals surface area contributed by atoms with Crippen molar-refractivity contribution in [1.29, 1.82) is 0 Å². The van der Waals surface area contributed by atoms with Crippen LogP contribution in [0.4, 0.5) is 0 Å². The number of nitrogens with zero attached hydrogens (tertiary/aromatic N) is 3. The molecule has 2 aliphatic rings. The minimum absolute atomic E-state index is 0.0479. The van der Waals surface area contributed by atoms with Crippen LogP contribution in [0.5, 0.6) is 11.5 Å². The zero-order chi connectivity index (χ0) is 23.2. The Hall–Kier alpha value is -2.62. The van der Waals surface area contributed by atoms with E-state index in [0.29, 0.717) is 63.3 Å². The molecule has 5 rings (SSSR count). The second-order valence-electron chi connectivity index (χ2n) is 9.53. The Morgan fingerprint density at radius 2 is 1.67 bits per heavy atom. The average molecular weight is 472 g/mol. The molecule has 3 aromatic rings. The third-order valence-corrected chi connectivity index (χ3v) is 8.03. The third kappa shape index (κ3) is 4.45. The molecule has 176 valence electrons. The molecule has 0 radical (unpaired) electrons. The zero-order valence-corrected chi connectivity index (χ0v) is 20.0. The van der Waals surface area contributed by atoms with Crippen LogP contribution in [0.2, 0.25) is 0 Å². The molecular formula is C24H29N3O5S. The fourth-order valence-electron chi connectivity index (χ4n) is 4.16. The Kier molecular flexibility index (Phi) is 5.58. The van der Waals surface area contributed by atoms with Crippen LogP contribution in [0.1, 0.15) is 32.2 Å². The van der Waals surface area contributed by atoms with Gasteiger partial charge in [-0.2, -0.15) is 4.31 Å². The Balaban J connectivity index is 1.24. The molecule has 1 saturated heterocycles. The first-order chi connectivity index (χ1) is 15.7. The van der Waals surface area contributed by atoms with E-state index >= 15 is 0 Å². The first kappa shape index (κ1) is 22.2. The Labute approximate surface area is 194 Å². The van der Waals surface area contributed by atoms with Gasteiger partial charge in [0.15, 0.2) is 17.1 Å². The second kappa shape index (κ2) is 8.30. The molecule has 2 aliphatic heterocycles. The Morgan fingerprint density at radius 1 is 0.939 bits per heavy atom. The summed E-state index contributed by atoms with van der Waals surface area (Å²) in [5.41, 5.74) is 2.90. The number of piperazine rings is 1. The normalized spacial score (nSPS) is 18.0. The van der Waals surface area contributed by atoms with Gasteiger partial charge in [-0.25, -0.2) is 13.4 Å². The minimum Gasteiger partial charge on any atom is -0.486 e. The van der Waals surface area contributed by atoms with Crippen molar-refractivity contribution in [2.24, 2.45) is 0 Å². The van der Waals surface area contributed by atoms with E-state index < -0.39 is 10.0 Å². The van der Waals surface area contributed by atoms with Crippen molar-refractivity contribution in [3.05, 3.63) is 47.9 Å². The van der Waals surface area contributed by atoms with Gasteiger partial charge in [-0.3, -0.25) is 4.90 Å². The summed E-state index contributed by atoms with van der Waals surface area (Å²) in [6.07, 6.45) is 0. The maximum Gasteiger partial charge on any atom is 0.243 e. The fourth-order valence-corrected chi connectivity index (χ4v) is 5.60. The van der Waals surface area contributed by atoms with Crippen molar-refractivity contribution in [1.82, 2.24) is 14.2 Å². The molecule has 9 heteroatoms. The summed E-state index contributed by atoms with van der Waals surface area (Å²) < 4.78 is 44.8. The van der Waals surface area contributed by atoms with Gasteiger partial charge in [0.05, 0.1) is 11.4 Å². The van der Waals surface area contributed by atoms with Crippen molar-refractivity contribution in [2.75, 3.05) is 39.4 Å². The lowest BCUT2D eigenvalue weighted by molar-refractivity contribution is 0.168. The van der Waals surface area contributed by atoms with Crippen molar-refractivity contribution >= 4 is 21.1 Å². The van der Waals surface area contributed by atoms with Gasteiger partial charge in [-0.15, -0.1) is 0 Å². The lowest BCUT2D eigenvalue weighted by Crippen LogP contribution is -2.48. The van der Waals surface area contributed by atoms with Crippen LogP contribution in [0.25, 0.3) is 11.1 Å². The molecule has 0 unspecified atom stereocenters.